The van der Waals surface area contributed by atoms with E-state index in [-0.39, 0.29) is 19.6 Å². The maximum absolute atomic E-state index is 13.0. The molecule has 1 heterocycles. The molecule has 0 saturated carbocycles. The molecule has 6 atom stereocenters. The van der Waals surface area contributed by atoms with E-state index in [9.17, 15) is 33.1 Å². The van der Waals surface area contributed by atoms with E-state index in [0.29, 0.717) is 13.0 Å². The van der Waals surface area contributed by atoms with E-state index in [0.717, 1.165) is 44.9 Å². The minimum atomic E-state index is -5.06. The van der Waals surface area contributed by atoms with Crippen molar-refractivity contribution >= 4 is 16.4 Å². The third-order valence-electron chi connectivity index (χ3n) is 13.6. The van der Waals surface area contributed by atoms with E-state index >= 15 is 0 Å². The van der Waals surface area contributed by atoms with Crippen molar-refractivity contribution in [1.82, 2.24) is 0 Å². The largest absolute Gasteiger partial charge is 0.457 e. The van der Waals surface area contributed by atoms with Gasteiger partial charge in [0.1, 0.15) is 30.5 Å². The fraction of sp³-hybridized carbons (Fsp3) is 0.946. The van der Waals surface area contributed by atoms with Crippen LogP contribution in [-0.2, 0) is 38.3 Å². The zero-order valence-corrected chi connectivity index (χ0v) is 45.2. The minimum Gasteiger partial charge on any atom is -0.457 e. The van der Waals surface area contributed by atoms with Gasteiger partial charge in [0.2, 0.25) is 0 Å². The van der Waals surface area contributed by atoms with Gasteiger partial charge in [-0.2, -0.15) is 8.42 Å². The number of aliphatic hydroxyl groups is 3. The molecular formula is C56H108O12S. The lowest BCUT2D eigenvalue weighted by atomic mass is 9.99. The van der Waals surface area contributed by atoms with Gasteiger partial charge in [0, 0.05) is 13.0 Å². The third-order valence-corrected chi connectivity index (χ3v) is 14.1. The molecule has 0 spiro atoms. The number of hydrogen-bond acceptors (Lipinski definition) is 11. The van der Waals surface area contributed by atoms with Gasteiger partial charge in [0.05, 0.1) is 19.8 Å². The molecule has 12 nitrogen and oxygen atoms in total. The van der Waals surface area contributed by atoms with E-state index in [2.05, 4.69) is 30.2 Å². The lowest BCUT2D eigenvalue weighted by Gasteiger charge is -2.41. The molecule has 69 heavy (non-hydrogen) atoms. The highest BCUT2D eigenvalue weighted by Crippen LogP contribution is 2.26. The van der Waals surface area contributed by atoms with Crippen LogP contribution in [0.15, 0.2) is 12.2 Å². The Balaban J connectivity index is 2.27. The Morgan fingerprint density at radius 2 is 0.913 bits per heavy atom. The van der Waals surface area contributed by atoms with Crippen LogP contribution in [0.3, 0.4) is 0 Å². The van der Waals surface area contributed by atoms with Crippen molar-refractivity contribution < 1.29 is 56.2 Å². The standard InChI is InChI=1S/C56H108O12S/c1-3-5-7-9-11-13-15-17-19-21-22-23-24-25-26-27-28-29-31-33-35-37-39-41-43-45-52(58)66-50(49-65-56-54(60)55(68-69(61,62)63)53(59)51(47-57)67-56)48-64-46-44-42-40-38-36-34-32-30-20-18-16-14-12-10-8-6-4-2/h20,30,50-51,53-57,59-60H,3-19,21-29,31-49H2,1-2H3,(H,61,62,63)/b30-20-. The highest BCUT2D eigenvalue weighted by molar-refractivity contribution is 7.80. The maximum atomic E-state index is 13.0. The van der Waals surface area contributed by atoms with Gasteiger partial charge in [-0.15, -0.1) is 0 Å². The highest BCUT2D eigenvalue weighted by Gasteiger charge is 2.48. The number of carbonyl (C=O) groups excluding carboxylic acids is 1. The van der Waals surface area contributed by atoms with Gasteiger partial charge in [0.15, 0.2) is 6.29 Å². The SMILES string of the molecule is CCCCCCCCC/C=C\CCCCCCCCOCC(COC1OC(CO)C(O)C(OS(=O)(=O)O)C1O)OC(=O)CCCCCCCCCCCCCCCCCCCCCCCCCCC. The lowest BCUT2D eigenvalue weighted by Crippen LogP contribution is -2.60. The van der Waals surface area contributed by atoms with E-state index < -0.39 is 59.8 Å². The Bertz CT molecular complexity index is 1250. The molecule has 0 aliphatic carbocycles. The molecule has 0 aromatic carbocycles. The first kappa shape index (κ1) is 65.9. The van der Waals surface area contributed by atoms with Crippen LogP contribution in [0, 0.1) is 0 Å². The number of rotatable bonds is 52. The van der Waals surface area contributed by atoms with Gasteiger partial charge in [0.25, 0.3) is 0 Å². The Hall–Kier alpha value is -1.16. The summed E-state index contributed by atoms with van der Waals surface area (Å²) in [5.74, 6) is -0.393. The highest BCUT2D eigenvalue weighted by atomic mass is 32.3. The summed E-state index contributed by atoms with van der Waals surface area (Å²) in [4.78, 5) is 13.0. The summed E-state index contributed by atoms with van der Waals surface area (Å²) in [5.41, 5.74) is 0. The number of esters is 1. The molecule has 1 aliphatic rings. The van der Waals surface area contributed by atoms with Crippen LogP contribution in [0.4, 0.5) is 0 Å². The third kappa shape index (κ3) is 40.9. The number of unbranched alkanes of at least 4 members (excludes halogenated alkanes) is 37. The van der Waals surface area contributed by atoms with Crippen LogP contribution in [0.25, 0.3) is 0 Å². The molecule has 0 aromatic rings. The minimum absolute atomic E-state index is 0.0379. The van der Waals surface area contributed by atoms with E-state index in [1.54, 1.807) is 0 Å². The number of carbonyl (C=O) groups is 1. The van der Waals surface area contributed by atoms with E-state index in [1.807, 2.05) is 0 Å². The zero-order valence-electron chi connectivity index (χ0n) is 44.4. The molecular weight excluding hydrogens is 897 g/mol. The Kier molecular flexibility index (Phi) is 45.6. The summed E-state index contributed by atoms with van der Waals surface area (Å²) in [7, 11) is -5.06. The predicted octanol–water partition coefficient (Wildman–Crippen LogP) is 14.1. The van der Waals surface area contributed by atoms with Gasteiger partial charge >= 0.3 is 16.4 Å². The zero-order chi connectivity index (χ0) is 50.3. The first-order chi connectivity index (χ1) is 33.6. The quantitative estimate of drug-likeness (QED) is 0.0196. The first-order valence-corrected chi connectivity index (χ1v) is 30.3. The van der Waals surface area contributed by atoms with Crippen LogP contribution >= 0.6 is 0 Å². The van der Waals surface area contributed by atoms with Gasteiger partial charge in [-0.1, -0.05) is 244 Å². The monoisotopic (exact) mass is 1000 g/mol. The lowest BCUT2D eigenvalue weighted by molar-refractivity contribution is -0.301. The van der Waals surface area contributed by atoms with E-state index in [1.165, 1.54) is 205 Å². The topological polar surface area (TPSA) is 178 Å². The fourth-order valence-corrected chi connectivity index (χ4v) is 9.77. The Labute approximate surface area is 423 Å². The second-order valence-electron chi connectivity index (χ2n) is 20.2. The summed E-state index contributed by atoms with van der Waals surface area (Å²) < 4.78 is 59.4. The van der Waals surface area contributed by atoms with Gasteiger partial charge in [-0.3, -0.25) is 9.35 Å². The van der Waals surface area contributed by atoms with Gasteiger partial charge < -0.3 is 34.3 Å². The van der Waals surface area contributed by atoms with Crippen molar-refractivity contribution in [2.45, 2.75) is 314 Å². The molecule has 0 radical (unpaired) electrons. The molecule has 0 bridgehead atoms. The van der Waals surface area contributed by atoms with Crippen molar-refractivity contribution in [3.63, 3.8) is 0 Å². The van der Waals surface area contributed by atoms with Gasteiger partial charge in [-0.05, 0) is 38.5 Å². The van der Waals surface area contributed by atoms with Crippen LogP contribution < -0.4 is 0 Å². The molecule has 0 amide bonds. The smallest absolute Gasteiger partial charge is 0.397 e. The van der Waals surface area contributed by atoms with Crippen molar-refractivity contribution in [1.29, 1.82) is 0 Å². The van der Waals surface area contributed by atoms with Crippen molar-refractivity contribution in [2.75, 3.05) is 26.4 Å². The van der Waals surface area contributed by atoms with Gasteiger partial charge in [-0.25, -0.2) is 4.18 Å². The fourth-order valence-electron chi connectivity index (χ4n) is 9.26. The molecule has 13 heteroatoms. The van der Waals surface area contributed by atoms with Crippen molar-refractivity contribution in [3.8, 4) is 0 Å². The summed E-state index contributed by atoms with van der Waals surface area (Å²) in [6, 6.07) is 0. The molecule has 0 aromatic heterocycles. The number of aliphatic hydroxyl groups excluding tert-OH is 3. The van der Waals surface area contributed by atoms with Crippen LogP contribution in [0.2, 0.25) is 0 Å². The molecule has 1 aliphatic heterocycles. The molecule has 4 N–H and O–H groups in total. The molecule has 1 saturated heterocycles. The second-order valence-corrected chi connectivity index (χ2v) is 21.3. The Morgan fingerprint density at radius 3 is 1.30 bits per heavy atom. The normalized spacial score (nSPS) is 19.2. The average molecular weight is 1010 g/mol. The molecule has 410 valence electrons. The number of allylic oxidation sites excluding steroid dienone is 2. The van der Waals surface area contributed by atoms with E-state index in [4.69, 9.17) is 18.9 Å². The summed E-state index contributed by atoms with van der Waals surface area (Å²) in [6.07, 6.45) is 46.8. The summed E-state index contributed by atoms with van der Waals surface area (Å²) >= 11 is 0. The van der Waals surface area contributed by atoms with Crippen LogP contribution in [0.1, 0.15) is 277 Å². The molecule has 1 fully saturated rings. The van der Waals surface area contributed by atoms with Crippen molar-refractivity contribution in [3.05, 3.63) is 12.2 Å². The molecule has 6 unspecified atom stereocenters. The summed E-state index contributed by atoms with van der Waals surface area (Å²) in [5, 5.41) is 30.8. The van der Waals surface area contributed by atoms with Crippen LogP contribution in [0.5, 0.6) is 0 Å². The number of ether oxygens (including phenoxy) is 4. The predicted molar refractivity (Wildman–Crippen MR) is 281 cm³/mol. The average Bonchev–Trinajstić information content (AvgIpc) is 3.32. The first-order valence-electron chi connectivity index (χ1n) is 28.9. The molecule has 1 rings (SSSR count). The maximum Gasteiger partial charge on any atom is 0.397 e. The summed E-state index contributed by atoms with van der Waals surface area (Å²) in [6.45, 7) is 4.04. The second kappa shape index (κ2) is 47.8. The number of hydrogen-bond donors (Lipinski definition) is 4. The Morgan fingerprint density at radius 1 is 0.536 bits per heavy atom. The van der Waals surface area contributed by atoms with Crippen molar-refractivity contribution in [2.24, 2.45) is 0 Å². The van der Waals surface area contributed by atoms with Crippen LogP contribution in [-0.4, -0.2) is 97.5 Å².